The van der Waals surface area contributed by atoms with Crippen LogP contribution in [0, 0.1) is 20.8 Å². The van der Waals surface area contributed by atoms with Crippen LogP contribution < -0.4 is 5.32 Å². The lowest BCUT2D eigenvalue weighted by atomic mass is 9.89. The summed E-state index contributed by atoms with van der Waals surface area (Å²) in [5.41, 5.74) is 5.79. The molecule has 3 nitrogen and oxygen atoms in total. The summed E-state index contributed by atoms with van der Waals surface area (Å²) in [5.74, 6) is 0.661. The zero-order chi connectivity index (χ0) is 14.9. The molecule has 0 radical (unpaired) electrons. The Morgan fingerprint density at radius 1 is 1.00 bits per heavy atom. The minimum absolute atomic E-state index is 0.0190. The van der Waals surface area contributed by atoms with Crippen LogP contribution in [0.4, 0.5) is 11.6 Å². The van der Waals surface area contributed by atoms with E-state index in [1.165, 1.54) is 11.1 Å². The minimum atomic E-state index is 0.0190. The van der Waals surface area contributed by atoms with Crippen molar-refractivity contribution in [1.29, 1.82) is 0 Å². The van der Waals surface area contributed by atoms with Crippen LogP contribution in [-0.4, -0.2) is 9.97 Å². The van der Waals surface area contributed by atoms with Crippen molar-refractivity contribution in [2.45, 2.75) is 47.0 Å². The normalized spacial score (nSPS) is 11.5. The van der Waals surface area contributed by atoms with Gasteiger partial charge in [-0.3, -0.25) is 0 Å². The quantitative estimate of drug-likeness (QED) is 0.875. The number of benzene rings is 1. The van der Waals surface area contributed by atoms with Crippen molar-refractivity contribution in [3.05, 3.63) is 46.8 Å². The zero-order valence-electron chi connectivity index (χ0n) is 13.2. The first-order valence-electron chi connectivity index (χ1n) is 6.96. The predicted molar refractivity (Wildman–Crippen MR) is 84.7 cm³/mol. The molecule has 2 aromatic rings. The van der Waals surface area contributed by atoms with Crippen LogP contribution in [-0.2, 0) is 5.41 Å². The summed E-state index contributed by atoms with van der Waals surface area (Å²) in [4.78, 5) is 9.08. The third-order valence-electron chi connectivity index (χ3n) is 3.53. The molecule has 1 N–H and O–H groups in total. The smallest absolute Gasteiger partial charge is 0.227 e. The lowest BCUT2D eigenvalue weighted by Gasteiger charge is -2.21. The molecule has 0 spiro atoms. The molecule has 0 unspecified atom stereocenters. The Kier molecular flexibility index (Phi) is 3.80. The number of nitrogens with zero attached hydrogens (tertiary/aromatic N) is 2. The summed E-state index contributed by atoms with van der Waals surface area (Å²) in [7, 11) is 0. The van der Waals surface area contributed by atoms with Gasteiger partial charge in [0, 0.05) is 17.3 Å². The molecular formula is C17H23N3. The molecule has 0 atom stereocenters. The molecule has 0 amide bonds. The number of hydrogen-bond acceptors (Lipinski definition) is 3. The number of aryl methyl sites for hydroxylation is 2. The van der Waals surface area contributed by atoms with E-state index in [2.05, 4.69) is 69.0 Å². The molecule has 0 saturated carbocycles. The Balaban J connectivity index is 2.38. The maximum atomic E-state index is 4.69. The molecule has 0 aliphatic rings. The van der Waals surface area contributed by atoms with Gasteiger partial charge >= 0.3 is 0 Å². The van der Waals surface area contributed by atoms with Crippen molar-refractivity contribution in [1.82, 2.24) is 9.97 Å². The van der Waals surface area contributed by atoms with Gasteiger partial charge in [0.15, 0.2) is 0 Å². The maximum Gasteiger partial charge on any atom is 0.227 e. The Labute approximate surface area is 121 Å². The molecule has 0 fully saturated rings. The second-order valence-corrected chi connectivity index (χ2v) is 6.35. The van der Waals surface area contributed by atoms with Crippen molar-refractivity contribution < 1.29 is 0 Å². The van der Waals surface area contributed by atoms with Gasteiger partial charge in [0.1, 0.15) is 0 Å². The number of nitrogens with one attached hydrogen (secondary N) is 1. The summed E-state index contributed by atoms with van der Waals surface area (Å²) in [6.45, 7) is 12.8. The maximum absolute atomic E-state index is 4.69. The van der Waals surface area contributed by atoms with E-state index in [1.54, 1.807) is 0 Å². The highest BCUT2D eigenvalue weighted by Gasteiger charge is 2.19. The lowest BCUT2D eigenvalue weighted by molar-refractivity contribution is 0.563. The number of rotatable bonds is 2. The van der Waals surface area contributed by atoms with E-state index < -0.39 is 0 Å². The SMILES string of the molecule is Cc1cnc(Nc2cccc(C)c2C)nc1C(C)(C)C. The van der Waals surface area contributed by atoms with Gasteiger partial charge in [0.2, 0.25) is 5.95 Å². The number of anilines is 2. The predicted octanol–water partition coefficient (Wildman–Crippen LogP) is 4.44. The molecule has 1 aromatic heterocycles. The molecule has 1 heterocycles. The molecule has 0 saturated heterocycles. The van der Waals surface area contributed by atoms with Gasteiger partial charge in [0.25, 0.3) is 0 Å². The van der Waals surface area contributed by atoms with E-state index in [0.717, 1.165) is 16.9 Å². The highest BCUT2D eigenvalue weighted by Crippen LogP contribution is 2.26. The Bertz CT molecular complexity index is 625. The summed E-state index contributed by atoms with van der Waals surface area (Å²) in [6.07, 6.45) is 1.89. The van der Waals surface area contributed by atoms with E-state index in [0.29, 0.717) is 5.95 Å². The third kappa shape index (κ3) is 2.98. The van der Waals surface area contributed by atoms with Crippen LogP contribution >= 0.6 is 0 Å². The van der Waals surface area contributed by atoms with Crippen LogP contribution in [0.2, 0.25) is 0 Å². The molecule has 106 valence electrons. The summed E-state index contributed by atoms with van der Waals surface area (Å²) < 4.78 is 0. The van der Waals surface area contributed by atoms with Crippen LogP contribution in [0.25, 0.3) is 0 Å². The Morgan fingerprint density at radius 2 is 1.70 bits per heavy atom. The first-order valence-corrected chi connectivity index (χ1v) is 6.96. The lowest BCUT2D eigenvalue weighted by Crippen LogP contribution is -2.17. The van der Waals surface area contributed by atoms with Crippen LogP contribution in [0.3, 0.4) is 0 Å². The Hall–Kier alpha value is -1.90. The van der Waals surface area contributed by atoms with Crippen LogP contribution in [0.5, 0.6) is 0 Å². The van der Waals surface area contributed by atoms with E-state index in [1.807, 2.05) is 12.3 Å². The Morgan fingerprint density at radius 3 is 2.35 bits per heavy atom. The second kappa shape index (κ2) is 5.23. The molecule has 20 heavy (non-hydrogen) atoms. The average Bonchev–Trinajstić information content (AvgIpc) is 2.36. The first kappa shape index (κ1) is 14.5. The van der Waals surface area contributed by atoms with E-state index in [-0.39, 0.29) is 5.41 Å². The second-order valence-electron chi connectivity index (χ2n) is 6.35. The summed E-state index contributed by atoms with van der Waals surface area (Å²) >= 11 is 0. The molecule has 0 aliphatic heterocycles. The average molecular weight is 269 g/mol. The first-order chi connectivity index (χ1) is 9.29. The van der Waals surface area contributed by atoms with Crippen molar-refractivity contribution >= 4 is 11.6 Å². The van der Waals surface area contributed by atoms with E-state index in [9.17, 15) is 0 Å². The number of hydrogen-bond donors (Lipinski definition) is 1. The van der Waals surface area contributed by atoms with Crippen molar-refractivity contribution in [2.24, 2.45) is 0 Å². The fraction of sp³-hybridized carbons (Fsp3) is 0.412. The molecule has 0 bridgehead atoms. The van der Waals surface area contributed by atoms with E-state index >= 15 is 0 Å². The zero-order valence-corrected chi connectivity index (χ0v) is 13.2. The van der Waals surface area contributed by atoms with E-state index in [4.69, 9.17) is 0 Å². The monoisotopic (exact) mass is 269 g/mol. The van der Waals surface area contributed by atoms with Crippen LogP contribution in [0.15, 0.2) is 24.4 Å². The van der Waals surface area contributed by atoms with Gasteiger partial charge < -0.3 is 5.32 Å². The standard InChI is InChI=1S/C17H23N3/c1-11-8-7-9-14(13(11)3)19-16-18-10-12(2)15(20-16)17(4,5)6/h7-10H,1-6H3,(H,18,19,20). The highest BCUT2D eigenvalue weighted by molar-refractivity contribution is 5.60. The number of aromatic nitrogens is 2. The van der Waals surface area contributed by atoms with Gasteiger partial charge in [0.05, 0.1) is 5.69 Å². The molecular weight excluding hydrogens is 246 g/mol. The molecule has 1 aromatic carbocycles. The third-order valence-corrected chi connectivity index (χ3v) is 3.53. The molecule has 3 heteroatoms. The summed E-state index contributed by atoms with van der Waals surface area (Å²) in [5, 5.41) is 3.33. The van der Waals surface area contributed by atoms with Crippen LogP contribution in [0.1, 0.15) is 43.2 Å². The fourth-order valence-corrected chi connectivity index (χ4v) is 2.27. The van der Waals surface area contributed by atoms with Gasteiger partial charge in [-0.05, 0) is 43.5 Å². The minimum Gasteiger partial charge on any atom is -0.324 e. The largest absolute Gasteiger partial charge is 0.324 e. The van der Waals surface area contributed by atoms with Crippen molar-refractivity contribution in [3.8, 4) is 0 Å². The van der Waals surface area contributed by atoms with Gasteiger partial charge in [-0.15, -0.1) is 0 Å². The van der Waals surface area contributed by atoms with Crippen molar-refractivity contribution in [2.75, 3.05) is 5.32 Å². The fourth-order valence-electron chi connectivity index (χ4n) is 2.27. The molecule has 0 aliphatic carbocycles. The highest BCUT2D eigenvalue weighted by atomic mass is 15.1. The molecule has 2 rings (SSSR count). The van der Waals surface area contributed by atoms with Gasteiger partial charge in [-0.25, -0.2) is 9.97 Å². The van der Waals surface area contributed by atoms with Crippen molar-refractivity contribution in [3.63, 3.8) is 0 Å². The topological polar surface area (TPSA) is 37.8 Å². The van der Waals surface area contributed by atoms with Gasteiger partial charge in [-0.1, -0.05) is 32.9 Å². The van der Waals surface area contributed by atoms with Gasteiger partial charge in [-0.2, -0.15) is 0 Å². The summed E-state index contributed by atoms with van der Waals surface area (Å²) in [6, 6.07) is 6.21.